The Morgan fingerprint density at radius 3 is 2.80 bits per heavy atom. The van der Waals surface area contributed by atoms with E-state index in [1.165, 1.54) is 0 Å². The molecule has 4 nitrogen and oxygen atoms in total. The Hall–Kier alpha value is -1.75. The van der Waals surface area contributed by atoms with Gasteiger partial charge in [-0.15, -0.1) is 11.3 Å². The van der Waals surface area contributed by atoms with E-state index in [1.807, 2.05) is 6.07 Å². The number of aromatic nitrogens is 2. The summed E-state index contributed by atoms with van der Waals surface area (Å²) in [5.41, 5.74) is 1.15. The highest BCUT2D eigenvalue weighted by molar-refractivity contribution is 7.16. The predicted molar refractivity (Wildman–Crippen MR) is 54.4 cm³/mol. The van der Waals surface area contributed by atoms with Crippen LogP contribution in [0.2, 0.25) is 0 Å². The second kappa shape index (κ2) is 3.78. The SMILES string of the molecule is Cc1nc(-c2ccccn2)sc1C(=O)[O-]. The molecule has 0 aliphatic heterocycles. The summed E-state index contributed by atoms with van der Waals surface area (Å²) in [6.07, 6.45) is 1.64. The van der Waals surface area contributed by atoms with Crippen molar-refractivity contribution in [2.75, 3.05) is 0 Å². The quantitative estimate of drug-likeness (QED) is 0.752. The largest absolute Gasteiger partial charge is 0.544 e. The van der Waals surface area contributed by atoms with E-state index < -0.39 is 5.97 Å². The molecule has 0 radical (unpaired) electrons. The van der Waals surface area contributed by atoms with Crippen molar-refractivity contribution in [3.05, 3.63) is 35.0 Å². The van der Waals surface area contributed by atoms with Gasteiger partial charge in [0.1, 0.15) is 5.01 Å². The zero-order chi connectivity index (χ0) is 10.8. The van der Waals surface area contributed by atoms with E-state index >= 15 is 0 Å². The molecule has 0 spiro atoms. The fraction of sp³-hybridized carbons (Fsp3) is 0.100. The van der Waals surface area contributed by atoms with Crippen LogP contribution in [0.15, 0.2) is 24.4 Å². The molecule has 0 saturated heterocycles. The highest BCUT2D eigenvalue weighted by Crippen LogP contribution is 2.25. The van der Waals surface area contributed by atoms with Crippen LogP contribution < -0.4 is 5.11 Å². The van der Waals surface area contributed by atoms with Crippen molar-refractivity contribution >= 4 is 17.3 Å². The van der Waals surface area contributed by atoms with Gasteiger partial charge in [0.2, 0.25) is 0 Å². The third kappa shape index (κ3) is 1.87. The van der Waals surface area contributed by atoms with Gasteiger partial charge in [0, 0.05) is 6.20 Å². The summed E-state index contributed by atoms with van der Waals surface area (Å²) in [7, 11) is 0. The van der Waals surface area contributed by atoms with Gasteiger partial charge in [-0.1, -0.05) is 6.07 Å². The van der Waals surface area contributed by atoms with E-state index in [2.05, 4.69) is 9.97 Å². The molecule has 2 heterocycles. The first-order chi connectivity index (χ1) is 7.18. The van der Waals surface area contributed by atoms with Gasteiger partial charge in [-0.25, -0.2) is 4.98 Å². The molecular weight excluding hydrogens is 212 g/mol. The number of aryl methyl sites for hydroxylation is 1. The van der Waals surface area contributed by atoms with Crippen molar-refractivity contribution < 1.29 is 9.90 Å². The molecule has 0 bridgehead atoms. The summed E-state index contributed by atoms with van der Waals surface area (Å²) < 4.78 is 0. The smallest absolute Gasteiger partial charge is 0.142 e. The maximum Gasteiger partial charge on any atom is 0.142 e. The number of carboxylic acids is 1. The second-order valence-corrected chi connectivity index (χ2v) is 3.94. The Balaban J connectivity index is 2.48. The van der Waals surface area contributed by atoms with Crippen LogP contribution in [0.5, 0.6) is 0 Å². The van der Waals surface area contributed by atoms with Gasteiger partial charge in [-0.2, -0.15) is 0 Å². The van der Waals surface area contributed by atoms with Crippen LogP contribution in [-0.4, -0.2) is 15.9 Å². The van der Waals surface area contributed by atoms with Crippen LogP contribution in [0.4, 0.5) is 0 Å². The van der Waals surface area contributed by atoms with Crippen molar-refractivity contribution in [1.29, 1.82) is 0 Å². The Morgan fingerprint density at radius 2 is 2.27 bits per heavy atom. The zero-order valence-electron chi connectivity index (χ0n) is 7.93. The number of rotatable bonds is 2. The molecule has 76 valence electrons. The van der Waals surface area contributed by atoms with E-state index in [0.717, 1.165) is 11.3 Å². The molecular formula is C10H7N2O2S-. The predicted octanol–water partition coefficient (Wildman–Crippen LogP) is 0.877. The second-order valence-electron chi connectivity index (χ2n) is 2.94. The molecule has 0 fully saturated rings. The van der Waals surface area contributed by atoms with Crippen molar-refractivity contribution in [1.82, 2.24) is 9.97 Å². The molecule has 0 atom stereocenters. The first kappa shape index (κ1) is 9.79. The molecule has 2 aromatic heterocycles. The molecule has 2 aromatic rings. The number of nitrogens with zero attached hydrogens (tertiary/aromatic N) is 2. The molecule has 0 aliphatic rings. The number of carbonyl (C=O) groups is 1. The van der Waals surface area contributed by atoms with Crippen LogP contribution in [0, 0.1) is 6.92 Å². The van der Waals surface area contributed by atoms with Crippen LogP contribution in [-0.2, 0) is 0 Å². The average molecular weight is 219 g/mol. The number of carbonyl (C=O) groups excluding carboxylic acids is 1. The molecule has 0 aliphatic carbocycles. The molecule has 15 heavy (non-hydrogen) atoms. The van der Waals surface area contributed by atoms with Gasteiger partial charge >= 0.3 is 0 Å². The number of thiazole rings is 1. The summed E-state index contributed by atoms with van der Waals surface area (Å²) >= 11 is 1.09. The van der Waals surface area contributed by atoms with Gasteiger partial charge in [-0.05, 0) is 19.1 Å². The lowest BCUT2D eigenvalue weighted by Crippen LogP contribution is -2.21. The molecule has 0 saturated carbocycles. The van der Waals surface area contributed by atoms with Crippen molar-refractivity contribution in [3.63, 3.8) is 0 Å². The van der Waals surface area contributed by atoms with Gasteiger partial charge in [0.15, 0.2) is 0 Å². The van der Waals surface area contributed by atoms with E-state index in [0.29, 0.717) is 16.4 Å². The molecule has 0 amide bonds. The highest BCUT2D eigenvalue weighted by Gasteiger charge is 2.10. The Labute approximate surface area is 90.3 Å². The molecule has 2 rings (SSSR count). The van der Waals surface area contributed by atoms with E-state index in [1.54, 1.807) is 25.3 Å². The van der Waals surface area contributed by atoms with Crippen molar-refractivity contribution in [3.8, 4) is 10.7 Å². The summed E-state index contributed by atoms with van der Waals surface area (Å²) in [5, 5.41) is 11.3. The fourth-order valence-electron chi connectivity index (χ4n) is 1.18. The lowest BCUT2D eigenvalue weighted by molar-refractivity contribution is -0.254. The van der Waals surface area contributed by atoms with Gasteiger partial charge in [0.25, 0.3) is 0 Å². The maximum absolute atomic E-state index is 10.7. The van der Waals surface area contributed by atoms with Gasteiger partial charge in [-0.3, -0.25) is 4.98 Å². The van der Waals surface area contributed by atoms with Crippen molar-refractivity contribution in [2.24, 2.45) is 0 Å². The molecule has 0 N–H and O–H groups in total. The molecule has 0 aromatic carbocycles. The first-order valence-electron chi connectivity index (χ1n) is 4.28. The number of hydrogen-bond acceptors (Lipinski definition) is 5. The number of carboxylic acid groups (broad SMARTS) is 1. The lowest BCUT2D eigenvalue weighted by Gasteiger charge is -1.95. The summed E-state index contributed by atoms with van der Waals surface area (Å²) in [6, 6.07) is 5.42. The Bertz CT molecular complexity index is 493. The fourth-order valence-corrected chi connectivity index (χ4v) is 2.06. The first-order valence-corrected chi connectivity index (χ1v) is 5.10. The average Bonchev–Trinajstić information content (AvgIpc) is 2.62. The van der Waals surface area contributed by atoms with Gasteiger partial charge in [0.05, 0.1) is 22.2 Å². The zero-order valence-corrected chi connectivity index (χ0v) is 8.75. The Morgan fingerprint density at radius 1 is 1.47 bits per heavy atom. The molecule has 5 heteroatoms. The van der Waals surface area contributed by atoms with Gasteiger partial charge < -0.3 is 9.90 Å². The third-order valence-corrected chi connectivity index (χ3v) is 3.03. The monoisotopic (exact) mass is 219 g/mol. The Kier molecular flexibility index (Phi) is 2.47. The summed E-state index contributed by atoms with van der Waals surface area (Å²) in [4.78, 5) is 19.1. The van der Waals surface area contributed by atoms with Crippen LogP contribution in [0.1, 0.15) is 15.4 Å². The van der Waals surface area contributed by atoms with E-state index in [9.17, 15) is 9.90 Å². The maximum atomic E-state index is 10.7. The number of pyridine rings is 1. The number of aromatic carboxylic acids is 1. The van der Waals surface area contributed by atoms with Crippen LogP contribution >= 0.6 is 11.3 Å². The van der Waals surface area contributed by atoms with Crippen molar-refractivity contribution in [2.45, 2.75) is 6.92 Å². The minimum absolute atomic E-state index is 0.163. The minimum atomic E-state index is -1.19. The van der Waals surface area contributed by atoms with Crippen LogP contribution in [0.25, 0.3) is 10.7 Å². The summed E-state index contributed by atoms with van der Waals surface area (Å²) in [5.74, 6) is -1.19. The number of hydrogen-bond donors (Lipinski definition) is 0. The van der Waals surface area contributed by atoms with E-state index in [-0.39, 0.29) is 4.88 Å². The summed E-state index contributed by atoms with van der Waals surface area (Å²) in [6.45, 7) is 1.65. The lowest BCUT2D eigenvalue weighted by atomic mass is 10.3. The highest BCUT2D eigenvalue weighted by atomic mass is 32.1. The topological polar surface area (TPSA) is 65.9 Å². The minimum Gasteiger partial charge on any atom is -0.544 e. The standard InChI is InChI=1S/C10H8N2O2S/c1-6-8(10(13)14)15-9(12-6)7-4-2-3-5-11-7/h2-5H,1H3,(H,13,14)/p-1. The normalized spacial score (nSPS) is 10.2. The molecule has 0 unspecified atom stereocenters. The third-order valence-electron chi connectivity index (χ3n) is 1.87. The van der Waals surface area contributed by atoms with E-state index in [4.69, 9.17) is 0 Å². The van der Waals surface area contributed by atoms with Crippen LogP contribution in [0.3, 0.4) is 0 Å².